The van der Waals surface area contributed by atoms with E-state index in [1.54, 1.807) is 24.4 Å². The first-order chi connectivity index (χ1) is 11.1. The number of ether oxygens (including phenoxy) is 2. The van der Waals surface area contributed by atoms with Crippen molar-refractivity contribution in [1.82, 2.24) is 4.98 Å². The number of rotatable bonds is 5. The van der Waals surface area contributed by atoms with E-state index in [0.717, 1.165) is 5.69 Å². The first-order valence-electron chi connectivity index (χ1n) is 7.41. The number of nitrogens with one attached hydrogen (secondary N) is 1. The van der Waals surface area contributed by atoms with Gasteiger partial charge in [-0.3, -0.25) is 4.98 Å². The van der Waals surface area contributed by atoms with Gasteiger partial charge in [-0.1, -0.05) is 6.07 Å². The van der Waals surface area contributed by atoms with E-state index in [1.165, 1.54) is 12.1 Å². The Morgan fingerprint density at radius 2 is 2.26 bits per heavy atom. The summed E-state index contributed by atoms with van der Waals surface area (Å²) >= 11 is 0. The summed E-state index contributed by atoms with van der Waals surface area (Å²) in [6.45, 7) is 2.02. The van der Waals surface area contributed by atoms with Crippen LogP contribution in [0, 0.1) is 5.82 Å². The molecule has 0 spiro atoms. The van der Waals surface area contributed by atoms with Crippen LogP contribution in [0.4, 0.5) is 10.1 Å². The summed E-state index contributed by atoms with van der Waals surface area (Å²) < 4.78 is 24.6. The Labute approximate surface area is 133 Å². The number of benzene rings is 1. The second kappa shape index (κ2) is 6.64. The Morgan fingerprint density at radius 1 is 1.39 bits per heavy atom. The number of nitrogens with zero attached hydrogens (tertiary/aromatic N) is 1. The van der Waals surface area contributed by atoms with E-state index in [-0.39, 0.29) is 24.4 Å². The normalized spacial score (nSPS) is 20.2. The van der Waals surface area contributed by atoms with E-state index in [0.29, 0.717) is 12.1 Å². The summed E-state index contributed by atoms with van der Waals surface area (Å²) in [7, 11) is 0. The highest BCUT2D eigenvalue weighted by atomic mass is 19.1. The standard InChI is InChI=1S/C17H17FN2O3/c1-11-8-15(17(21)23-11)20-12-5-6-16(14(18)9-12)22-10-13-4-2-3-7-19-13/h2-7,9,11,15,20H,8,10H2,1H3/t11-,15-/m1/s1. The fourth-order valence-corrected chi connectivity index (χ4v) is 2.42. The summed E-state index contributed by atoms with van der Waals surface area (Å²) in [4.78, 5) is 15.7. The maximum Gasteiger partial charge on any atom is 0.328 e. The van der Waals surface area contributed by atoms with Gasteiger partial charge >= 0.3 is 5.97 Å². The summed E-state index contributed by atoms with van der Waals surface area (Å²) in [5.41, 5.74) is 1.24. The number of cyclic esters (lactones) is 1. The first-order valence-corrected chi connectivity index (χ1v) is 7.41. The van der Waals surface area contributed by atoms with Crippen molar-refractivity contribution in [3.8, 4) is 5.75 Å². The highest BCUT2D eigenvalue weighted by Crippen LogP contribution is 2.24. The lowest BCUT2D eigenvalue weighted by Crippen LogP contribution is -2.24. The number of esters is 1. The van der Waals surface area contributed by atoms with E-state index in [1.807, 2.05) is 13.0 Å². The number of carbonyl (C=O) groups is 1. The van der Waals surface area contributed by atoms with Crippen molar-refractivity contribution in [3.63, 3.8) is 0 Å². The van der Waals surface area contributed by atoms with Gasteiger partial charge in [-0.15, -0.1) is 0 Å². The van der Waals surface area contributed by atoms with Gasteiger partial charge in [-0.05, 0) is 31.2 Å². The van der Waals surface area contributed by atoms with Gasteiger partial charge in [0.25, 0.3) is 0 Å². The van der Waals surface area contributed by atoms with Gasteiger partial charge < -0.3 is 14.8 Å². The molecule has 0 saturated carbocycles. The maximum absolute atomic E-state index is 14.1. The van der Waals surface area contributed by atoms with Gasteiger partial charge in [0.1, 0.15) is 18.8 Å². The number of halogens is 1. The predicted molar refractivity (Wildman–Crippen MR) is 82.6 cm³/mol. The molecule has 3 rings (SSSR count). The largest absolute Gasteiger partial charge is 0.484 e. The van der Waals surface area contributed by atoms with Crippen LogP contribution in [0.5, 0.6) is 5.75 Å². The highest BCUT2D eigenvalue weighted by Gasteiger charge is 2.31. The zero-order valence-electron chi connectivity index (χ0n) is 12.7. The van der Waals surface area contributed by atoms with Crippen LogP contribution in [0.2, 0.25) is 0 Å². The average molecular weight is 316 g/mol. The third kappa shape index (κ3) is 3.77. The molecule has 2 heterocycles. The molecule has 1 aromatic carbocycles. The minimum atomic E-state index is -0.495. The quantitative estimate of drug-likeness (QED) is 0.860. The lowest BCUT2D eigenvalue weighted by molar-refractivity contribution is -0.141. The molecule has 5 nitrogen and oxygen atoms in total. The van der Waals surface area contributed by atoms with Crippen LogP contribution in [-0.4, -0.2) is 23.1 Å². The highest BCUT2D eigenvalue weighted by molar-refractivity contribution is 5.81. The lowest BCUT2D eigenvalue weighted by atomic mass is 10.1. The Morgan fingerprint density at radius 3 is 2.91 bits per heavy atom. The first kappa shape index (κ1) is 15.3. The molecule has 1 saturated heterocycles. The molecule has 1 N–H and O–H groups in total. The van der Waals surface area contributed by atoms with Crippen molar-refractivity contribution < 1.29 is 18.7 Å². The zero-order valence-corrected chi connectivity index (χ0v) is 12.7. The van der Waals surface area contributed by atoms with Crippen molar-refractivity contribution in [2.45, 2.75) is 32.1 Å². The van der Waals surface area contributed by atoms with Crippen LogP contribution in [0.25, 0.3) is 0 Å². The fraction of sp³-hybridized carbons (Fsp3) is 0.294. The maximum atomic E-state index is 14.1. The fourth-order valence-electron chi connectivity index (χ4n) is 2.42. The summed E-state index contributed by atoms with van der Waals surface area (Å²) in [6, 6.07) is 9.53. The molecule has 1 fully saturated rings. The summed E-state index contributed by atoms with van der Waals surface area (Å²) in [5, 5.41) is 2.98. The van der Waals surface area contributed by atoms with E-state index >= 15 is 0 Å². The SMILES string of the molecule is C[C@@H]1C[C@@H](Nc2ccc(OCc3ccccn3)c(F)c2)C(=O)O1. The molecule has 120 valence electrons. The predicted octanol–water partition coefficient (Wildman–Crippen LogP) is 2.92. The number of hydrogen-bond acceptors (Lipinski definition) is 5. The monoisotopic (exact) mass is 316 g/mol. The second-order valence-electron chi connectivity index (χ2n) is 5.44. The molecular formula is C17H17FN2O3. The molecule has 23 heavy (non-hydrogen) atoms. The molecule has 0 radical (unpaired) electrons. The molecule has 0 unspecified atom stereocenters. The molecule has 6 heteroatoms. The molecular weight excluding hydrogens is 299 g/mol. The number of anilines is 1. The van der Waals surface area contributed by atoms with Gasteiger partial charge in [-0.25, -0.2) is 9.18 Å². The van der Waals surface area contributed by atoms with Gasteiger partial charge in [0.2, 0.25) is 0 Å². The average Bonchev–Trinajstić information content (AvgIpc) is 2.85. The topological polar surface area (TPSA) is 60.5 Å². The van der Waals surface area contributed by atoms with Gasteiger partial charge in [0, 0.05) is 24.4 Å². The molecule has 1 aromatic heterocycles. The molecule has 0 bridgehead atoms. The summed E-state index contributed by atoms with van der Waals surface area (Å²) in [5.74, 6) is -0.665. The molecule has 0 aliphatic carbocycles. The van der Waals surface area contributed by atoms with Crippen molar-refractivity contribution in [1.29, 1.82) is 0 Å². The van der Waals surface area contributed by atoms with Crippen LogP contribution in [0.3, 0.4) is 0 Å². The number of hydrogen-bond donors (Lipinski definition) is 1. The van der Waals surface area contributed by atoms with Gasteiger partial charge in [0.15, 0.2) is 11.6 Å². The minimum Gasteiger partial charge on any atom is -0.484 e. The number of pyridine rings is 1. The van der Waals surface area contributed by atoms with Crippen LogP contribution in [-0.2, 0) is 16.1 Å². The van der Waals surface area contributed by atoms with E-state index in [2.05, 4.69) is 10.3 Å². The van der Waals surface area contributed by atoms with Crippen molar-refractivity contribution in [2.75, 3.05) is 5.32 Å². The Hall–Kier alpha value is -2.63. The molecule has 1 aliphatic rings. The zero-order chi connectivity index (χ0) is 16.2. The van der Waals surface area contributed by atoms with E-state index in [9.17, 15) is 9.18 Å². The Balaban J connectivity index is 1.63. The van der Waals surface area contributed by atoms with E-state index < -0.39 is 11.9 Å². The summed E-state index contributed by atoms with van der Waals surface area (Å²) in [6.07, 6.45) is 2.10. The second-order valence-corrected chi connectivity index (χ2v) is 5.44. The van der Waals surface area contributed by atoms with Gasteiger partial charge in [0.05, 0.1) is 5.69 Å². The third-order valence-electron chi connectivity index (χ3n) is 3.54. The molecule has 2 aromatic rings. The van der Waals surface area contributed by atoms with Crippen LogP contribution in [0.15, 0.2) is 42.6 Å². The Bertz CT molecular complexity index is 693. The van der Waals surface area contributed by atoms with Crippen LogP contribution >= 0.6 is 0 Å². The lowest BCUT2D eigenvalue weighted by Gasteiger charge is -2.12. The molecule has 1 aliphatic heterocycles. The van der Waals surface area contributed by atoms with Gasteiger partial charge in [-0.2, -0.15) is 0 Å². The number of aromatic nitrogens is 1. The minimum absolute atomic E-state index is 0.120. The molecule has 2 atom stereocenters. The Kier molecular flexibility index (Phi) is 4.41. The molecule has 0 amide bonds. The van der Waals surface area contributed by atoms with Crippen molar-refractivity contribution in [3.05, 3.63) is 54.1 Å². The third-order valence-corrected chi connectivity index (χ3v) is 3.54. The number of carbonyl (C=O) groups excluding carboxylic acids is 1. The smallest absolute Gasteiger partial charge is 0.328 e. The van der Waals surface area contributed by atoms with Crippen molar-refractivity contribution >= 4 is 11.7 Å². The van der Waals surface area contributed by atoms with Crippen LogP contribution < -0.4 is 10.1 Å². The van der Waals surface area contributed by atoms with Crippen molar-refractivity contribution in [2.24, 2.45) is 0 Å². The van der Waals surface area contributed by atoms with E-state index in [4.69, 9.17) is 9.47 Å². The van der Waals surface area contributed by atoms with Crippen LogP contribution in [0.1, 0.15) is 19.0 Å².